The van der Waals surface area contributed by atoms with E-state index in [9.17, 15) is 14.7 Å². The molecule has 4 nitrogen and oxygen atoms in total. The summed E-state index contributed by atoms with van der Waals surface area (Å²) in [6.07, 6.45) is 3.05. The lowest BCUT2D eigenvalue weighted by Crippen LogP contribution is -2.52. The van der Waals surface area contributed by atoms with Crippen molar-refractivity contribution in [2.45, 2.75) is 37.4 Å². The molecule has 0 amide bonds. The van der Waals surface area contributed by atoms with Gasteiger partial charge in [-0.2, -0.15) is 0 Å². The predicted molar refractivity (Wildman–Crippen MR) is 99.3 cm³/mol. The van der Waals surface area contributed by atoms with E-state index in [0.29, 0.717) is 23.1 Å². The molecule has 4 heteroatoms. The zero-order chi connectivity index (χ0) is 18.6. The number of Topliss-reactive ketones (excluding diaryl/α,β-unsaturated/α-hetero) is 2. The minimum atomic E-state index is -1.40. The molecule has 1 saturated carbocycles. The van der Waals surface area contributed by atoms with Crippen LogP contribution in [0, 0.1) is 5.92 Å². The van der Waals surface area contributed by atoms with E-state index in [2.05, 4.69) is 0 Å². The minimum absolute atomic E-state index is 0.0354. The van der Waals surface area contributed by atoms with Crippen LogP contribution in [0.2, 0.25) is 0 Å². The molecule has 3 unspecified atom stereocenters. The van der Waals surface area contributed by atoms with Gasteiger partial charge in [0.25, 0.3) is 0 Å². The first-order valence-corrected chi connectivity index (χ1v) is 9.49. The maximum absolute atomic E-state index is 13.4. The molecule has 136 valence electrons. The highest BCUT2D eigenvalue weighted by molar-refractivity contribution is 6.26. The Morgan fingerprint density at radius 1 is 0.889 bits per heavy atom. The lowest BCUT2D eigenvalue weighted by Gasteiger charge is -2.49. The third-order valence-corrected chi connectivity index (χ3v) is 6.14. The lowest BCUT2D eigenvalue weighted by atomic mass is 9.65. The van der Waals surface area contributed by atoms with Gasteiger partial charge in [0, 0.05) is 29.4 Å². The van der Waals surface area contributed by atoms with E-state index < -0.39 is 5.79 Å². The van der Waals surface area contributed by atoms with Gasteiger partial charge in [-0.25, -0.2) is 0 Å². The Hall–Kier alpha value is -2.72. The summed E-state index contributed by atoms with van der Waals surface area (Å²) in [4.78, 5) is 26.5. The number of ether oxygens (including phenoxy) is 1. The van der Waals surface area contributed by atoms with E-state index in [4.69, 9.17) is 4.74 Å². The number of allylic oxidation sites excluding steroid dienone is 2. The Balaban J connectivity index is 1.76. The zero-order valence-corrected chi connectivity index (χ0v) is 14.9. The molecule has 0 saturated heterocycles. The molecule has 0 radical (unpaired) electrons. The lowest BCUT2D eigenvalue weighted by molar-refractivity contribution is -0.238. The molecule has 2 aromatic rings. The second-order valence-corrected chi connectivity index (χ2v) is 7.63. The van der Waals surface area contributed by atoms with Crippen LogP contribution in [0.15, 0.2) is 65.9 Å². The number of carbonyl (C=O) groups is 2. The van der Waals surface area contributed by atoms with Gasteiger partial charge in [-0.05, 0) is 18.4 Å². The van der Waals surface area contributed by atoms with E-state index >= 15 is 0 Å². The van der Waals surface area contributed by atoms with Crippen molar-refractivity contribution < 1.29 is 19.4 Å². The number of aliphatic hydroxyl groups is 1. The van der Waals surface area contributed by atoms with E-state index in [1.165, 1.54) is 0 Å². The molecule has 2 aromatic carbocycles. The Bertz CT molecular complexity index is 975. The van der Waals surface area contributed by atoms with E-state index in [-0.39, 0.29) is 29.2 Å². The van der Waals surface area contributed by atoms with E-state index in [1.54, 1.807) is 24.3 Å². The summed E-state index contributed by atoms with van der Waals surface area (Å²) in [5.74, 6) is -2.42. The van der Waals surface area contributed by atoms with Crippen LogP contribution in [0.4, 0.5) is 0 Å². The Morgan fingerprint density at radius 3 is 2.30 bits per heavy atom. The van der Waals surface area contributed by atoms with Gasteiger partial charge in [0.05, 0.1) is 5.57 Å². The molecule has 1 heterocycles. The van der Waals surface area contributed by atoms with Gasteiger partial charge in [0.1, 0.15) is 0 Å². The van der Waals surface area contributed by atoms with Gasteiger partial charge >= 0.3 is 0 Å². The van der Waals surface area contributed by atoms with Crippen LogP contribution in [-0.4, -0.2) is 22.5 Å². The average molecular weight is 360 g/mol. The zero-order valence-electron chi connectivity index (χ0n) is 14.9. The molecule has 5 rings (SSSR count). The van der Waals surface area contributed by atoms with Gasteiger partial charge in [-0.3, -0.25) is 9.59 Å². The molecule has 0 aromatic heterocycles. The van der Waals surface area contributed by atoms with Crippen LogP contribution < -0.4 is 0 Å². The first-order valence-electron chi connectivity index (χ1n) is 9.49. The molecule has 0 spiro atoms. The minimum Gasteiger partial charge on any atom is -0.458 e. The maximum Gasteiger partial charge on any atom is 0.228 e. The first-order chi connectivity index (χ1) is 13.1. The molecular formula is C23H20O4. The van der Waals surface area contributed by atoms with Crippen molar-refractivity contribution >= 4 is 11.6 Å². The van der Waals surface area contributed by atoms with Crippen molar-refractivity contribution in [1.82, 2.24) is 0 Å². The largest absolute Gasteiger partial charge is 0.458 e. The van der Waals surface area contributed by atoms with E-state index in [0.717, 1.165) is 24.8 Å². The monoisotopic (exact) mass is 360 g/mol. The second-order valence-electron chi connectivity index (χ2n) is 7.63. The van der Waals surface area contributed by atoms with Crippen LogP contribution >= 0.6 is 0 Å². The van der Waals surface area contributed by atoms with Gasteiger partial charge < -0.3 is 9.84 Å². The van der Waals surface area contributed by atoms with Crippen molar-refractivity contribution in [3.8, 4) is 0 Å². The van der Waals surface area contributed by atoms with Crippen LogP contribution in [0.5, 0.6) is 0 Å². The van der Waals surface area contributed by atoms with Crippen LogP contribution in [0.3, 0.4) is 0 Å². The van der Waals surface area contributed by atoms with Crippen molar-refractivity contribution in [3.05, 3.63) is 82.6 Å². The Labute approximate surface area is 157 Å². The summed E-state index contributed by atoms with van der Waals surface area (Å²) < 4.78 is 5.94. The number of benzene rings is 2. The normalized spacial score (nSPS) is 29.5. The van der Waals surface area contributed by atoms with Crippen LogP contribution in [0.25, 0.3) is 0 Å². The molecule has 3 aliphatic rings. The molecule has 1 aliphatic heterocycles. The fourth-order valence-corrected chi connectivity index (χ4v) is 4.90. The Morgan fingerprint density at radius 2 is 1.56 bits per heavy atom. The summed E-state index contributed by atoms with van der Waals surface area (Å²) >= 11 is 0. The molecule has 1 N–H and O–H groups in total. The highest BCUT2D eigenvalue weighted by Crippen LogP contribution is 2.53. The van der Waals surface area contributed by atoms with Crippen LogP contribution in [0.1, 0.15) is 57.9 Å². The van der Waals surface area contributed by atoms with Crippen molar-refractivity contribution in [1.29, 1.82) is 0 Å². The quantitative estimate of drug-likeness (QED) is 0.834. The smallest absolute Gasteiger partial charge is 0.228 e. The number of ketones is 2. The molecule has 27 heavy (non-hydrogen) atoms. The molecule has 2 aliphatic carbocycles. The number of rotatable bonds is 1. The highest BCUT2D eigenvalue weighted by Gasteiger charge is 2.55. The number of hydrogen-bond acceptors (Lipinski definition) is 4. The second kappa shape index (κ2) is 5.89. The van der Waals surface area contributed by atoms with Crippen LogP contribution in [-0.2, 0) is 4.74 Å². The Kier molecular flexibility index (Phi) is 3.59. The average Bonchev–Trinajstić information content (AvgIpc) is 2.71. The summed E-state index contributed by atoms with van der Waals surface area (Å²) in [5, 5.41) is 11.3. The van der Waals surface area contributed by atoms with E-state index in [1.807, 2.05) is 30.3 Å². The summed E-state index contributed by atoms with van der Waals surface area (Å²) in [6.45, 7) is 0. The molecular weight excluding hydrogens is 340 g/mol. The fraction of sp³-hybridized carbons (Fsp3) is 0.304. The first kappa shape index (κ1) is 16.5. The summed E-state index contributed by atoms with van der Waals surface area (Å²) in [5.41, 5.74) is 2.12. The van der Waals surface area contributed by atoms with Gasteiger partial charge in [-0.1, -0.05) is 61.0 Å². The standard InChI is InChI=1S/C23H20O4/c24-20-15-10-4-5-11-16(15)21(25)22-19(20)18(14-8-2-1-3-9-14)17-12-6-7-13-23(17,26)27-22/h1-5,8-11,17-18,26H,6-7,12-13H2. The fourth-order valence-electron chi connectivity index (χ4n) is 4.90. The molecule has 1 fully saturated rings. The van der Waals surface area contributed by atoms with Crippen molar-refractivity contribution in [2.75, 3.05) is 0 Å². The number of carbonyl (C=O) groups excluding carboxylic acids is 2. The van der Waals surface area contributed by atoms with Gasteiger partial charge in [0.15, 0.2) is 11.5 Å². The van der Waals surface area contributed by atoms with Crippen molar-refractivity contribution in [3.63, 3.8) is 0 Å². The van der Waals surface area contributed by atoms with Crippen molar-refractivity contribution in [2.24, 2.45) is 5.92 Å². The third-order valence-electron chi connectivity index (χ3n) is 6.14. The maximum atomic E-state index is 13.4. The topological polar surface area (TPSA) is 63.6 Å². The third kappa shape index (κ3) is 2.33. The van der Waals surface area contributed by atoms with Gasteiger partial charge in [0.2, 0.25) is 11.6 Å². The molecule has 3 atom stereocenters. The number of hydrogen-bond donors (Lipinski definition) is 1. The number of fused-ring (bicyclic) bond motifs is 2. The summed E-state index contributed by atoms with van der Waals surface area (Å²) in [7, 11) is 0. The predicted octanol–water partition coefficient (Wildman–Crippen LogP) is 4.01. The SMILES string of the molecule is O=C1C2=C(C(=O)c3ccccc31)C(c1ccccc1)C1CCCCC1(O)O2. The molecule has 0 bridgehead atoms. The highest BCUT2D eigenvalue weighted by atomic mass is 16.6. The summed E-state index contributed by atoms with van der Waals surface area (Å²) in [6, 6.07) is 16.6. The van der Waals surface area contributed by atoms with Gasteiger partial charge in [-0.15, -0.1) is 0 Å².